The molecule has 1 fully saturated rings. The molecule has 0 bridgehead atoms. The Hall–Kier alpha value is -1.55. The van der Waals surface area contributed by atoms with Gasteiger partial charge in [0.1, 0.15) is 0 Å². The Bertz CT molecular complexity index is 593. The summed E-state index contributed by atoms with van der Waals surface area (Å²) in [4.78, 5) is 16.6. The lowest BCUT2D eigenvalue weighted by Gasteiger charge is -2.26. The highest BCUT2D eigenvalue weighted by atomic mass is 16.3. The van der Waals surface area contributed by atoms with Gasteiger partial charge >= 0.3 is 5.69 Å². The van der Waals surface area contributed by atoms with Gasteiger partial charge in [0.2, 0.25) is 0 Å². The lowest BCUT2D eigenvalue weighted by Crippen LogP contribution is -2.15. The van der Waals surface area contributed by atoms with E-state index in [0.29, 0.717) is 5.92 Å². The highest BCUT2D eigenvalue weighted by Gasteiger charge is 2.23. The van der Waals surface area contributed by atoms with Crippen LogP contribution in [0.5, 0.6) is 0 Å². The van der Waals surface area contributed by atoms with E-state index in [1.807, 2.05) is 18.2 Å². The first kappa shape index (κ1) is 11.5. The lowest BCUT2D eigenvalue weighted by atomic mass is 9.83. The summed E-state index contributed by atoms with van der Waals surface area (Å²) in [7, 11) is 0. The largest absolute Gasteiger partial charge is 0.388 e. The van der Waals surface area contributed by atoms with Crippen LogP contribution in [0.3, 0.4) is 0 Å². The van der Waals surface area contributed by atoms with E-state index in [0.717, 1.165) is 29.4 Å². The Morgan fingerprint density at radius 2 is 1.83 bits per heavy atom. The number of aromatic amines is 2. The molecular weight excluding hydrogens is 228 g/mol. The number of aliphatic hydroxyl groups excluding tert-OH is 1. The molecular formula is C14H18N2O2. The zero-order chi connectivity index (χ0) is 12.5. The van der Waals surface area contributed by atoms with E-state index < -0.39 is 6.10 Å². The molecule has 3 N–H and O–H groups in total. The van der Waals surface area contributed by atoms with Gasteiger partial charge in [0.05, 0.1) is 17.1 Å². The monoisotopic (exact) mass is 246 g/mol. The predicted octanol–water partition coefficient (Wildman–Crippen LogP) is 2.47. The maximum atomic E-state index is 11.2. The number of aromatic nitrogens is 2. The van der Waals surface area contributed by atoms with E-state index in [-0.39, 0.29) is 5.69 Å². The molecule has 1 atom stereocenters. The summed E-state index contributed by atoms with van der Waals surface area (Å²) in [6, 6.07) is 5.65. The molecule has 0 amide bonds. The van der Waals surface area contributed by atoms with Crippen LogP contribution in [0.15, 0.2) is 23.0 Å². The first-order valence-corrected chi connectivity index (χ1v) is 6.64. The van der Waals surface area contributed by atoms with E-state index in [1.165, 1.54) is 19.3 Å². The fourth-order valence-corrected chi connectivity index (χ4v) is 2.96. The number of hydrogen-bond acceptors (Lipinski definition) is 2. The molecule has 1 heterocycles. The van der Waals surface area contributed by atoms with Gasteiger partial charge in [-0.15, -0.1) is 0 Å². The molecule has 1 aliphatic rings. The molecule has 3 rings (SSSR count). The molecule has 4 nitrogen and oxygen atoms in total. The standard InChI is InChI=1S/C14H18N2O2/c17-13(9-4-2-1-3-5-9)10-6-7-11-12(8-10)16-14(18)15-11/h6-9,13,17H,1-5H2,(H2,15,16,18). The van der Waals surface area contributed by atoms with Gasteiger partial charge in [0, 0.05) is 0 Å². The number of fused-ring (bicyclic) bond motifs is 1. The van der Waals surface area contributed by atoms with E-state index in [4.69, 9.17) is 0 Å². The van der Waals surface area contributed by atoms with Crippen molar-refractivity contribution in [3.8, 4) is 0 Å². The Morgan fingerprint density at radius 3 is 2.61 bits per heavy atom. The zero-order valence-corrected chi connectivity index (χ0v) is 10.3. The highest BCUT2D eigenvalue weighted by molar-refractivity contribution is 5.75. The van der Waals surface area contributed by atoms with Crippen LogP contribution in [0.25, 0.3) is 11.0 Å². The van der Waals surface area contributed by atoms with Crippen molar-refractivity contribution in [1.82, 2.24) is 9.97 Å². The number of hydrogen-bond donors (Lipinski definition) is 3. The van der Waals surface area contributed by atoms with Crippen molar-refractivity contribution < 1.29 is 5.11 Å². The van der Waals surface area contributed by atoms with E-state index in [2.05, 4.69) is 9.97 Å². The molecule has 1 aromatic heterocycles. The van der Waals surface area contributed by atoms with Gasteiger partial charge in [-0.1, -0.05) is 25.3 Å². The van der Waals surface area contributed by atoms with Crippen molar-refractivity contribution in [2.45, 2.75) is 38.2 Å². The molecule has 96 valence electrons. The van der Waals surface area contributed by atoms with Crippen molar-refractivity contribution in [1.29, 1.82) is 0 Å². The molecule has 4 heteroatoms. The Morgan fingerprint density at radius 1 is 1.11 bits per heavy atom. The third-order valence-electron chi connectivity index (χ3n) is 3.98. The molecule has 0 spiro atoms. The van der Waals surface area contributed by atoms with Crippen LogP contribution in [-0.4, -0.2) is 15.1 Å². The van der Waals surface area contributed by atoms with Crippen molar-refractivity contribution in [2.24, 2.45) is 5.92 Å². The molecule has 1 unspecified atom stereocenters. The summed E-state index contributed by atoms with van der Waals surface area (Å²) < 4.78 is 0. The molecule has 0 radical (unpaired) electrons. The van der Waals surface area contributed by atoms with Gasteiger partial charge in [0.15, 0.2) is 0 Å². The number of imidazole rings is 1. The average Bonchev–Trinajstić information content (AvgIpc) is 2.78. The van der Waals surface area contributed by atoms with Gasteiger partial charge < -0.3 is 15.1 Å². The summed E-state index contributed by atoms with van der Waals surface area (Å²) in [6.07, 6.45) is 5.50. The summed E-state index contributed by atoms with van der Waals surface area (Å²) in [6.45, 7) is 0. The smallest absolute Gasteiger partial charge is 0.323 e. The summed E-state index contributed by atoms with van der Waals surface area (Å²) in [5, 5.41) is 10.4. The Labute approximate surface area is 105 Å². The van der Waals surface area contributed by atoms with Crippen LogP contribution in [0.2, 0.25) is 0 Å². The molecule has 0 saturated heterocycles. The number of H-pyrrole nitrogens is 2. The van der Waals surface area contributed by atoms with Crippen LogP contribution >= 0.6 is 0 Å². The molecule has 2 aromatic rings. The SMILES string of the molecule is O=c1[nH]c2ccc(C(O)C3CCCCC3)cc2[nH]1. The zero-order valence-electron chi connectivity index (χ0n) is 10.3. The van der Waals surface area contributed by atoms with Crippen molar-refractivity contribution in [3.63, 3.8) is 0 Å². The average molecular weight is 246 g/mol. The minimum atomic E-state index is -0.409. The second-order valence-electron chi connectivity index (χ2n) is 5.23. The summed E-state index contributed by atoms with van der Waals surface area (Å²) in [5.74, 6) is 0.363. The van der Waals surface area contributed by atoms with E-state index >= 15 is 0 Å². The maximum absolute atomic E-state index is 11.2. The van der Waals surface area contributed by atoms with Crippen molar-refractivity contribution in [2.75, 3.05) is 0 Å². The fraction of sp³-hybridized carbons (Fsp3) is 0.500. The number of nitrogens with one attached hydrogen (secondary N) is 2. The number of rotatable bonds is 2. The van der Waals surface area contributed by atoms with Crippen LogP contribution in [-0.2, 0) is 0 Å². The third-order valence-corrected chi connectivity index (χ3v) is 3.98. The number of benzene rings is 1. The Kier molecular flexibility index (Phi) is 2.96. The summed E-state index contributed by atoms with van der Waals surface area (Å²) >= 11 is 0. The molecule has 0 aliphatic heterocycles. The van der Waals surface area contributed by atoms with Crippen LogP contribution in [0.4, 0.5) is 0 Å². The van der Waals surface area contributed by atoms with E-state index in [1.54, 1.807) is 0 Å². The maximum Gasteiger partial charge on any atom is 0.323 e. The van der Waals surface area contributed by atoms with Crippen molar-refractivity contribution in [3.05, 3.63) is 34.2 Å². The summed E-state index contributed by atoms with van der Waals surface area (Å²) in [5.41, 5.74) is 2.27. The molecule has 18 heavy (non-hydrogen) atoms. The Balaban J connectivity index is 1.90. The molecule has 1 saturated carbocycles. The first-order valence-electron chi connectivity index (χ1n) is 6.64. The quantitative estimate of drug-likeness (QED) is 0.762. The second kappa shape index (κ2) is 4.61. The fourth-order valence-electron chi connectivity index (χ4n) is 2.96. The topological polar surface area (TPSA) is 68.9 Å². The molecule has 1 aromatic carbocycles. The van der Waals surface area contributed by atoms with Crippen molar-refractivity contribution >= 4 is 11.0 Å². The lowest BCUT2D eigenvalue weighted by molar-refractivity contribution is 0.0849. The third kappa shape index (κ3) is 2.08. The van der Waals surface area contributed by atoms with Crippen LogP contribution in [0, 0.1) is 5.92 Å². The van der Waals surface area contributed by atoms with Crippen LogP contribution in [0.1, 0.15) is 43.8 Å². The highest BCUT2D eigenvalue weighted by Crippen LogP contribution is 2.34. The second-order valence-corrected chi connectivity index (χ2v) is 5.23. The van der Waals surface area contributed by atoms with Gasteiger partial charge in [-0.3, -0.25) is 0 Å². The van der Waals surface area contributed by atoms with Crippen LogP contribution < -0.4 is 5.69 Å². The van der Waals surface area contributed by atoms with Gasteiger partial charge in [0.25, 0.3) is 0 Å². The minimum Gasteiger partial charge on any atom is -0.388 e. The first-order chi connectivity index (χ1) is 8.74. The predicted molar refractivity (Wildman–Crippen MR) is 70.5 cm³/mol. The molecule has 1 aliphatic carbocycles. The number of aliphatic hydroxyl groups is 1. The van der Waals surface area contributed by atoms with Gasteiger partial charge in [-0.05, 0) is 36.5 Å². The van der Waals surface area contributed by atoms with Gasteiger partial charge in [-0.2, -0.15) is 0 Å². The normalized spacial score (nSPS) is 19.2. The van der Waals surface area contributed by atoms with E-state index in [9.17, 15) is 9.90 Å². The minimum absolute atomic E-state index is 0.200. The van der Waals surface area contributed by atoms with Gasteiger partial charge in [-0.25, -0.2) is 4.79 Å².